The Kier molecular flexibility index (Phi) is 8.76. The fraction of sp³-hybridized carbons (Fsp3) is 0.419. The van der Waals surface area contributed by atoms with E-state index in [1.165, 1.54) is 0 Å². The molecular weight excluding hydrogens is 508 g/mol. The maximum atomic E-state index is 13.3. The fourth-order valence-electron chi connectivity index (χ4n) is 5.25. The van der Waals surface area contributed by atoms with Crippen LogP contribution in [0.3, 0.4) is 0 Å². The minimum Gasteiger partial charge on any atom is -0.349 e. The van der Waals surface area contributed by atoms with E-state index in [2.05, 4.69) is 41.1 Å². The third-order valence-corrected chi connectivity index (χ3v) is 8.98. The quantitative estimate of drug-likeness (QED) is 0.258. The summed E-state index contributed by atoms with van der Waals surface area (Å²) >= 11 is 0. The van der Waals surface area contributed by atoms with Gasteiger partial charge >= 0.3 is 0 Å². The van der Waals surface area contributed by atoms with Gasteiger partial charge in [-0.3, -0.25) is 4.79 Å². The predicted octanol–water partition coefficient (Wildman–Crippen LogP) is 6.40. The molecule has 3 N–H and O–H groups in total. The lowest BCUT2D eigenvalue weighted by Crippen LogP contribution is -2.33. The van der Waals surface area contributed by atoms with E-state index in [4.69, 9.17) is 0 Å². The second-order valence-corrected chi connectivity index (χ2v) is 12.8. The van der Waals surface area contributed by atoms with Gasteiger partial charge in [-0.05, 0) is 84.7 Å². The van der Waals surface area contributed by atoms with Crippen molar-refractivity contribution in [1.29, 1.82) is 0 Å². The lowest BCUT2D eigenvalue weighted by atomic mass is 9.86. The van der Waals surface area contributed by atoms with Crippen LogP contribution >= 0.6 is 0 Å². The monoisotopic (exact) mass is 548 g/mol. The summed E-state index contributed by atoms with van der Waals surface area (Å²) in [6.07, 6.45) is 6.20. The number of unbranched alkanes of at least 4 members (excludes halogenated alkanes) is 1. The zero-order chi connectivity index (χ0) is 28.2. The molecule has 7 nitrogen and oxygen atoms in total. The average molecular weight is 549 g/mol. The van der Waals surface area contributed by atoms with E-state index in [0.717, 1.165) is 48.1 Å². The molecule has 1 amide bonds. The first kappa shape index (κ1) is 28.8. The molecule has 0 bridgehead atoms. The Labute approximate surface area is 232 Å². The molecule has 39 heavy (non-hydrogen) atoms. The van der Waals surface area contributed by atoms with Crippen molar-refractivity contribution in [3.63, 3.8) is 0 Å². The van der Waals surface area contributed by atoms with E-state index >= 15 is 0 Å². The molecule has 1 heterocycles. The van der Waals surface area contributed by atoms with Crippen LogP contribution in [0.4, 0.5) is 11.5 Å². The van der Waals surface area contributed by atoms with Crippen molar-refractivity contribution in [2.75, 3.05) is 5.32 Å². The lowest BCUT2D eigenvalue weighted by Gasteiger charge is -2.19. The van der Waals surface area contributed by atoms with E-state index in [0.29, 0.717) is 17.8 Å². The summed E-state index contributed by atoms with van der Waals surface area (Å²) in [5.41, 5.74) is 4.14. The molecular formula is C31H40N4O3S. The highest BCUT2D eigenvalue weighted by molar-refractivity contribution is 7.89. The summed E-state index contributed by atoms with van der Waals surface area (Å²) in [6.45, 7) is 10.4. The van der Waals surface area contributed by atoms with Gasteiger partial charge in [-0.1, -0.05) is 58.7 Å². The second kappa shape index (κ2) is 11.9. The Morgan fingerprint density at radius 1 is 1.10 bits per heavy atom. The molecule has 0 saturated carbocycles. The van der Waals surface area contributed by atoms with Crippen LogP contribution in [-0.2, 0) is 21.9 Å². The number of nitrogens with one attached hydrogen (secondary N) is 3. The first-order valence-electron chi connectivity index (χ1n) is 13.8. The number of aryl methyl sites for hydroxylation is 1. The number of carbonyl (C=O) groups is 1. The summed E-state index contributed by atoms with van der Waals surface area (Å²) in [5, 5.41) is 6.37. The SMILES string of the molecule is CCCCC(C)NC(=O)c1cccnc1Nc1ccc2c(c1)C(NS(=O)(=O)c1ccc(CC)cc1)CC2(C)C. The molecule has 1 aliphatic rings. The summed E-state index contributed by atoms with van der Waals surface area (Å²) in [7, 11) is -3.71. The summed E-state index contributed by atoms with van der Waals surface area (Å²) in [4.78, 5) is 17.7. The first-order chi connectivity index (χ1) is 18.5. The van der Waals surface area contributed by atoms with E-state index < -0.39 is 10.0 Å². The molecule has 208 valence electrons. The number of anilines is 2. The Morgan fingerprint density at radius 2 is 1.85 bits per heavy atom. The molecule has 0 aliphatic heterocycles. The maximum absolute atomic E-state index is 13.3. The maximum Gasteiger partial charge on any atom is 0.255 e. The third kappa shape index (κ3) is 6.68. The number of aromatic nitrogens is 1. The highest BCUT2D eigenvalue weighted by Crippen LogP contribution is 2.46. The second-order valence-electron chi connectivity index (χ2n) is 11.1. The van der Waals surface area contributed by atoms with Crippen LogP contribution in [-0.4, -0.2) is 25.4 Å². The Bertz CT molecular complexity index is 1420. The smallest absolute Gasteiger partial charge is 0.255 e. The van der Waals surface area contributed by atoms with E-state index in [1.807, 2.05) is 44.2 Å². The van der Waals surface area contributed by atoms with Gasteiger partial charge in [-0.15, -0.1) is 0 Å². The van der Waals surface area contributed by atoms with Gasteiger partial charge in [-0.2, -0.15) is 0 Å². The number of amides is 1. The van der Waals surface area contributed by atoms with Gasteiger partial charge in [0.15, 0.2) is 0 Å². The van der Waals surface area contributed by atoms with Crippen LogP contribution < -0.4 is 15.4 Å². The molecule has 8 heteroatoms. The zero-order valence-corrected chi connectivity index (χ0v) is 24.4. The van der Waals surface area contributed by atoms with E-state index in [-0.39, 0.29) is 28.3 Å². The molecule has 2 aromatic carbocycles. The highest BCUT2D eigenvalue weighted by Gasteiger charge is 2.39. The van der Waals surface area contributed by atoms with Crippen LogP contribution in [0.2, 0.25) is 0 Å². The molecule has 1 aromatic heterocycles. The number of fused-ring (bicyclic) bond motifs is 1. The van der Waals surface area contributed by atoms with E-state index in [1.54, 1.807) is 30.5 Å². The van der Waals surface area contributed by atoms with Crippen molar-refractivity contribution in [1.82, 2.24) is 15.0 Å². The van der Waals surface area contributed by atoms with Crippen LogP contribution in [0, 0.1) is 0 Å². The number of hydrogen-bond acceptors (Lipinski definition) is 5. The lowest BCUT2D eigenvalue weighted by molar-refractivity contribution is 0.0938. The molecule has 0 radical (unpaired) electrons. The third-order valence-electron chi connectivity index (χ3n) is 7.49. The first-order valence-corrected chi connectivity index (χ1v) is 15.3. The number of rotatable bonds is 11. The number of carbonyl (C=O) groups excluding carboxylic acids is 1. The number of sulfonamides is 1. The molecule has 4 rings (SSSR count). The van der Waals surface area contributed by atoms with Crippen molar-refractivity contribution in [2.24, 2.45) is 0 Å². The average Bonchev–Trinajstić information content (AvgIpc) is 3.15. The molecule has 1 aliphatic carbocycles. The highest BCUT2D eigenvalue weighted by atomic mass is 32.2. The minimum atomic E-state index is -3.71. The molecule has 0 fully saturated rings. The number of benzene rings is 2. The molecule has 3 aromatic rings. The largest absolute Gasteiger partial charge is 0.349 e. The zero-order valence-electron chi connectivity index (χ0n) is 23.5. The van der Waals surface area contributed by atoms with Gasteiger partial charge in [0.05, 0.1) is 10.5 Å². The molecule has 2 unspecified atom stereocenters. The Morgan fingerprint density at radius 3 is 2.54 bits per heavy atom. The normalized spacial score (nSPS) is 16.9. The van der Waals surface area contributed by atoms with Gasteiger partial charge in [-0.25, -0.2) is 18.1 Å². The molecule has 2 atom stereocenters. The van der Waals surface area contributed by atoms with Gasteiger partial charge in [0.1, 0.15) is 5.82 Å². The number of hydrogen-bond donors (Lipinski definition) is 3. The van der Waals surface area contributed by atoms with Gasteiger partial charge in [0.25, 0.3) is 5.91 Å². The number of nitrogens with zero attached hydrogens (tertiary/aromatic N) is 1. The standard InChI is InChI=1S/C31H40N4O3S/c1-6-8-10-21(3)33-30(36)25-11-9-18-32-29(25)34-23-14-17-27-26(19-23)28(20-31(27,4)5)35-39(37,38)24-15-12-22(7-2)13-16-24/h9,11-19,21,28,35H,6-8,10,20H2,1-5H3,(H,32,34)(H,33,36). The Balaban J connectivity index is 1.58. The van der Waals surface area contributed by atoms with Crippen molar-refractivity contribution >= 4 is 27.4 Å². The molecule has 0 saturated heterocycles. The van der Waals surface area contributed by atoms with Crippen molar-refractivity contribution in [3.8, 4) is 0 Å². The molecule has 0 spiro atoms. The fourth-order valence-corrected chi connectivity index (χ4v) is 6.46. The Hall–Kier alpha value is -3.23. The van der Waals surface area contributed by atoms with Gasteiger partial charge in [0.2, 0.25) is 10.0 Å². The summed E-state index contributed by atoms with van der Waals surface area (Å²) in [5.74, 6) is 0.291. The minimum absolute atomic E-state index is 0.0692. The number of pyridine rings is 1. The van der Waals surface area contributed by atoms with Gasteiger partial charge < -0.3 is 10.6 Å². The van der Waals surface area contributed by atoms with E-state index in [9.17, 15) is 13.2 Å². The summed E-state index contributed by atoms with van der Waals surface area (Å²) < 4.78 is 29.5. The van der Waals surface area contributed by atoms with Crippen molar-refractivity contribution in [2.45, 2.75) is 89.1 Å². The topological polar surface area (TPSA) is 100 Å². The predicted molar refractivity (Wildman–Crippen MR) is 157 cm³/mol. The summed E-state index contributed by atoms with van der Waals surface area (Å²) in [6, 6.07) is 16.2. The van der Waals surface area contributed by atoms with Crippen molar-refractivity contribution < 1.29 is 13.2 Å². The van der Waals surface area contributed by atoms with Crippen LogP contribution in [0.5, 0.6) is 0 Å². The van der Waals surface area contributed by atoms with Gasteiger partial charge in [0, 0.05) is 24.0 Å². The van der Waals surface area contributed by atoms with Crippen molar-refractivity contribution in [3.05, 3.63) is 83.0 Å². The van der Waals surface area contributed by atoms with Crippen LogP contribution in [0.25, 0.3) is 0 Å². The van der Waals surface area contributed by atoms with Crippen LogP contribution in [0.1, 0.15) is 93.4 Å². The van der Waals surface area contributed by atoms with Crippen LogP contribution in [0.15, 0.2) is 65.7 Å².